The summed E-state index contributed by atoms with van der Waals surface area (Å²) >= 11 is 0. The van der Waals surface area contributed by atoms with Crippen LogP contribution in [0.15, 0.2) is 22.6 Å². The Balaban J connectivity index is 0.000000980. The maximum Gasteiger partial charge on any atom is 0.488 e. The number of benzene rings is 1. The molecule has 1 aromatic carbocycles. The number of fused-ring (bicyclic) bond motifs is 1. The Morgan fingerprint density at radius 2 is 2.07 bits per heavy atom. The minimum atomic E-state index is -1.50. The molecular weight excluding hydrogens is 206 g/mol. The largest absolute Gasteiger partial charge is 0.488 e. The van der Waals surface area contributed by atoms with E-state index in [2.05, 4.69) is 4.98 Å². The molecule has 0 saturated heterocycles. The highest BCUT2D eigenvalue weighted by molar-refractivity contribution is 6.58. The van der Waals surface area contributed by atoms with Crippen molar-refractivity contribution in [3.63, 3.8) is 0 Å². The number of rotatable bonds is 1. The fourth-order valence-electron chi connectivity index (χ4n) is 1.12. The van der Waals surface area contributed by atoms with Gasteiger partial charge >= 0.3 is 7.12 Å². The number of hydrogen-bond donors (Lipinski definition) is 3. The highest BCUT2D eigenvalue weighted by atomic mass is 35.5. The zero-order chi connectivity index (χ0) is 9.42. The number of nitrogen functional groups attached to an aromatic ring is 1. The summed E-state index contributed by atoms with van der Waals surface area (Å²) in [5.74, 6) is 0. The number of aromatic nitrogens is 1. The zero-order valence-corrected chi connectivity index (χ0v) is 7.86. The fraction of sp³-hybridized carbons (Fsp3) is 0. The predicted molar refractivity (Wildman–Crippen MR) is 55.5 cm³/mol. The van der Waals surface area contributed by atoms with Crippen LogP contribution < -0.4 is 11.2 Å². The molecule has 74 valence electrons. The van der Waals surface area contributed by atoms with Crippen LogP contribution in [0.3, 0.4) is 0 Å². The predicted octanol–water partition coefficient (Wildman–Crippen LogP) is -0.488. The number of nitrogens with zero attached hydrogens (tertiary/aromatic N) is 1. The van der Waals surface area contributed by atoms with Gasteiger partial charge < -0.3 is 20.2 Å². The van der Waals surface area contributed by atoms with Crippen LogP contribution in [0.2, 0.25) is 0 Å². The van der Waals surface area contributed by atoms with Gasteiger partial charge in [0.1, 0.15) is 5.52 Å². The smallest absolute Gasteiger partial charge is 0.424 e. The van der Waals surface area contributed by atoms with Gasteiger partial charge in [0, 0.05) is 0 Å². The second kappa shape index (κ2) is 3.87. The van der Waals surface area contributed by atoms with Crippen molar-refractivity contribution >= 4 is 42.1 Å². The van der Waals surface area contributed by atoms with Crippen LogP contribution in [0.5, 0.6) is 0 Å². The van der Waals surface area contributed by atoms with Gasteiger partial charge in [-0.25, -0.2) is 0 Å². The molecule has 2 aromatic rings. The van der Waals surface area contributed by atoms with Crippen LogP contribution in [0.25, 0.3) is 11.1 Å². The molecule has 0 amide bonds. The molecule has 1 aromatic heterocycles. The molecule has 0 aliphatic carbocycles. The molecule has 0 radical (unpaired) electrons. The Labute approximate surface area is 86.1 Å². The van der Waals surface area contributed by atoms with Gasteiger partial charge in [-0.05, 0) is 17.6 Å². The van der Waals surface area contributed by atoms with Crippen LogP contribution in [0, 0.1) is 0 Å². The quantitative estimate of drug-likeness (QED) is 0.557. The average molecular weight is 214 g/mol. The molecule has 0 unspecified atom stereocenters. The molecule has 0 fully saturated rings. The first kappa shape index (κ1) is 10.8. The normalized spacial score (nSPS) is 9.86. The molecule has 4 N–H and O–H groups in total. The second-order valence-electron chi connectivity index (χ2n) is 2.65. The van der Waals surface area contributed by atoms with Gasteiger partial charge in [-0.3, -0.25) is 0 Å². The van der Waals surface area contributed by atoms with Crippen LogP contribution in [-0.4, -0.2) is 22.2 Å². The average Bonchev–Trinajstić information content (AvgIpc) is 2.42. The van der Waals surface area contributed by atoms with Crippen molar-refractivity contribution in [1.82, 2.24) is 4.98 Å². The molecule has 0 saturated carbocycles. The lowest BCUT2D eigenvalue weighted by Crippen LogP contribution is -2.29. The molecule has 2 rings (SSSR count). The fourth-order valence-corrected chi connectivity index (χ4v) is 1.12. The zero-order valence-electron chi connectivity index (χ0n) is 7.04. The van der Waals surface area contributed by atoms with Crippen LogP contribution >= 0.6 is 12.4 Å². The van der Waals surface area contributed by atoms with Crippen molar-refractivity contribution in [3.8, 4) is 0 Å². The maximum atomic E-state index is 8.86. The Bertz CT molecular complexity index is 445. The van der Waals surface area contributed by atoms with Crippen molar-refractivity contribution in [3.05, 3.63) is 18.2 Å². The standard InChI is InChI=1S/C7H7BN2O3.ClH/c9-7-10-5-3-4(8(11)12)1-2-6(5)13-7;/h1-3,11-12H,(H2,9,10);1H. The Hall–Kier alpha value is -1.24. The molecular formula is C7H8BClN2O3. The summed E-state index contributed by atoms with van der Waals surface area (Å²) in [4.78, 5) is 3.85. The van der Waals surface area contributed by atoms with Crippen molar-refractivity contribution < 1.29 is 14.5 Å². The third-order valence-corrected chi connectivity index (χ3v) is 1.73. The Morgan fingerprint density at radius 3 is 2.71 bits per heavy atom. The van der Waals surface area contributed by atoms with E-state index in [1.165, 1.54) is 12.1 Å². The number of nitrogens with two attached hydrogens (primary N) is 1. The van der Waals surface area contributed by atoms with E-state index in [4.69, 9.17) is 20.2 Å². The Morgan fingerprint density at radius 1 is 1.36 bits per heavy atom. The molecule has 0 aliphatic heterocycles. The van der Waals surface area contributed by atoms with Crippen LogP contribution in [-0.2, 0) is 0 Å². The lowest BCUT2D eigenvalue weighted by atomic mass is 9.80. The van der Waals surface area contributed by atoms with E-state index in [1.807, 2.05) is 0 Å². The van der Waals surface area contributed by atoms with E-state index in [-0.39, 0.29) is 18.4 Å². The van der Waals surface area contributed by atoms with Gasteiger partial charge in [0.15, 0.2) is 5.58 Å². The molecule has 0 atom stereocenters. The maximum absolute atomic E-state index is 8.86. The first-order chi connectivity index (χ1) is 6.16. The van der Waals surface area contributed by atoms with Crippen molar-refractivity contribution in [1.29, 1.82) is 0 Å². The van der Waals surface area contributed by atoms with E-state index in [9.17, 15) is 0 Å². The summed E-state index contributed by atoms with van der Waals surface area (Å²) in [5, 5.41) is 17.7. The first-order valence-corrected chi connectivity index (χ1v) is 3.69. The topological polar surface area (TPSA) is 92.5 Å². The summed E-state index contributed by atoms with van der Waals surface area (Å²) in [5.41, 5.74) is 6.72. The van der Waals surface area contributed by atoms with E-state index < -0.39 is 7.12 Å². The summed E-state index contributed by atoms with van der Waals surface area (Å²) in [6, 6.07) is 4.71. The first-order valence-electron chi connectivity index (χ1n) is 3.69. The van der Waals surface area contributed by atoms with Gasteiger partial charge in [-0.1, -0.05) is 6.07 Å². The van der Waals surface area contributed by atoms with Crippen LogP contribution in [0.4, 0.5) is 6.01 Å². The van der Waals surface area contributed by atoms with E-state index in [0.717, 1.165) is 0 Å². The van der Waals surface area contributed by atoms with Crippen LogP contribution in [0.1, 0.15) is 0 Å². The van der Waals surface area contributed by atoms with Crippen molar-refractivity contribution in [2.75, 3.05) is 5.73 Å². The molecule has 5 nitrogen and oxygen atoms in total. The van der Waals surface area contributed by atoms with Gasteiger partial charge in [-0.15, -0.1) is 12.4 Å². The number of hydrogen-bond acceptors (Lipinski definition) is 5. The second-order valence-corrected chi connectivity index (χ2v) is 2.65. The van der Waals surface area contributed by atoms with Gasteiger partial charge in [-0.2, -0.15) is 4.98 Å². The third kappa shape index (κ3) is 1.82. The van der Waals surface area contributed by atoms with E-state index >= 15 is 0 Å². The van der Waals surface area contributed by atoms with Crippen molar-refractivity contribution in [2.45, 2.75) is 0 Å². The third-order valence-electron chi connectivity index (χ3n) is 1.73. The van der Waals surface area contributed by atoms with Gasteiger partial charge in [0.2, 0.25) is 0 Å². The highest BCUT2D eigenvalue weighted by Crippen LogP contribution is 2.14. The molecule has 14 heavy (non-hydrogen) atoms. The van der Waals surface area contributed by atoms with E-state index in [0.29, 0.717) is 16.6 Å². The summed E-state index contributed by atoms with van der Waals surface area (Å²) in [6.07, 6.45) is 0. The van der Waals surface area contributed by atoms with Gasteiger partial charge in [0.05, 0.1) is 0 Å². The number of oxazole rings is 1. The number of anilines is 1. The summed E-state index contributed by atoms with van der Waals surface area (Å²) in [7, 11) is -1.50. The molecule has 7 heteroatoms. The molecule has 0 aliphatic rings. The lowest BCUT2D eigenvalue weighted by molar-refractivity contribution is 0.426. The molecule has 1 heterocycles. The number of halogens is 1. The van der Waals surface area contributed by atoms with Gasteiger partial charge in [0.25, 0.3) is 6.01 Å². The Kier molecular flexibility index (Phi) is 3.00. The molecule has 0 spiro atoms. The molecule has 0 bridgehead atoms. The lowest BCUT2D eigenvalue weighted by Gasteiger charge is -1.96. The van der Waals surface area contributed by atoms with E-state index in [1.54, 1.807) is 6.07 Å². The summed E-state index contributed by atoms with van der Waals surface area (Å²) in [6.45, 7) is 0. The monoisotopic (exact) mass is 214 g/mol. The summed E-state index contributed by atoms with van der Waals surface area (Å²) < 4.78 is 5.01. The minimum absolute atomic E-state index is 0. The highest BCUT2D eigenvalue weighted by Gasteiger charge is 2.12. The SMILES string of the molecule is Cl.Nc1nc2cc(B(O)O)ccc2o1. The minimum Gasteiger partial charge on any atom is -0.424 e. The van der Waals surface area contributed by atoms with Crippen molar-refractivity contribution in [2.24, 2.45) is 0 Å².